The van der Waals surface area contributed by atoms with Crippen molar-refractivity contribution in [3.05, 3.63) is 24.3 Å². The molecule has 0 bridgehead atoms. The van der Waals surface area contributed by atoms with Crippen LogP contribution in [-0.2, 0) is 14.8 Å². The quantitative estimate of drug-likeness (QED) is 0.302. The minimum atomic E-state index is -3.54. The molecule has 1 atom stereocenters. The van der Waals surface area contributed by atoms with Crippen LogP contribution in [0.15, 0.2) is 24.3 Å². The second-order valence-electron chi connectivity index (χ2n) is 7.06. The minimum absolute atomic E-state index is 0.159. The molecule has 0 saturated carbocycles. The molecule has 8 nitrogen and oxygen atoms in total. The van der Waals surface area contributed by atoms with Gasteiger partial charge in [-0.3, -0.25) is 4.79 Å². The van der Waals surface area contributed by atoms with Crippen molar-refractivity contribution in [1.29, 1.82) is 0 Å². The van der Waals surface area contributed by atoms with Crippen molar-refractivity contribution < 1.29 is 23.1 Å². The van der Waals surface area contributed by atoms with Crippen molar-refractivity contribution in [2.75, 3.05) is 50.5 Å². The van der Waals surface area contributed by atoms with E-state index >= 15 is 0 Å². The van der Waals surface area contributed by atoms with Crippen LogP contribution in [-0.4, -0.2) is 75.9 Å². The Labute approximate surface area is 179 Å². The Morgan fingerprint density at radius 1 is 1.17 bits per heavy atom. The maximum Gasteiger partial charge on any atom is 0.217 e. The number of aliphatic hydroxyl groups is 1. The van der Waals surface area contributed by atoms with E-state index in [9.17, 15) is 13.2 Å². The zero-order chi connectivity index (χ0) is 21.8. The molecule has 0 aliphatic carbocycles. The summed E-state index contributed by atoms with van der Waals surface area (Å²) in [5, 5.41) is 11.3. The molecule has 166 valence electrons. The van der Waals surface area contributed by atoms with Gasteiger partial charge in [-0.15, -0.1) is 5.92 Å². The fraction of sp³-hybridized carbons (Fsp3) is 0.571. The van der Waals surface area contributed by atoms with Crippen molar-refractivity contribution >= 4 is 22.1 Å². The number of hydrogen-bond acceptors (Lipinski definition) is 6. The molecule has 30 heavy (non-hydrogen) atoms. The summed E-state index contributed by atoms with van der Waals surface area (Å²) in [5.74, 6) is 6.34. The van der Waals surface area contributed by atoms with E-state index in [1.54, 1.807) is 7.11 Å². The Hall–Kier alpha value is -2.28. The minimum Gasteiger partial charge on any atom is -0.497 e. The first-order valence-corrected chi connectivity index (χ1v) is 11.8. The van der Waals surface area contributed by atoms with Crippen LogP contribution in [0.1, 0.15) is 25.7 Å². The van der Waals surface area contributed by atoms with Crippen LogP contribution >= 0.6 is 0 Å². The highest BCUT2D eigenvalue weighted by Crippen LogP contribution is 2.21. The smallest absolute Gasteiger partial charge is 0.217 e. The molecule has 9 heteroatoms. The largest absolute Gasteiger partial charge is 0.497 e. The SMILES string of the molecule is COc1ccc(N2CCN(S(=O)(=O)CC(C#CCCCCCO)NC=O)CC2)cc1. The zero-order valence-corrected chi connectivity index (χ0v) is 18.2. The Morgan fingerprint density at radius 2 is 1.87 bits per heavy atom. The fourth-order valence-electron chi connectivity index (χ4n) is 3.24. The number of unbranched alkanes of at least 4 members (excludes halogenated alkanes) is 3. The number of methoxy groups -OCH3 is 1. The van der Waals surface area contributed by atoms with Gasteiger partial charge in [0.1, 0.15) is 11.8 Å². The number of benzene rings is 1. The van der Waals surface area contributed by atoms with Crippen molar-refractivity contribution in [3.63, 3.8) is 0 Å². The number of ether oxygens (including phenoxy) is 1. The Kier molecular flexibility index (Phi) is 9.94. The summed E-state index contributed by atoms with van der Waals surface area (Å²) in [6.45, 7) is 2.11. The fourth-order valence-corrected chi connectivity index (χ4v) is 4.78. The molecule has 0 spiro atoms. The second-order valence-corrected chi connectivity index (χ2v) is 9.07. The summed E-state index contributed by atoms with van der Waals surface area (Å²) < 4.78 is 32.3. The number of sulfonamides is 1. The second kappa shape index (κ2) is 12.4. The van der Waals surface area contributed by atoms with Gasteiger partial charge in [0, 0.05) is 44.9 Å². The lowest BCUT2D eigenvalue weighted by molar-refractivity contribution is -0.109. The number of aliphatic hydroxyl groups excluding tert-OH is 1. The van der Waals surface area contributed by atoms with E-state index in [2.05, 4.69) is 22.1 Å². The average molecular weight is 438 g/mol. The summed E-state index contributed by atoms with van der Waals surface area (Å²) in [6, 6.07) is 6.96. The highest BCUT2D eigenvalue weighted by atomic mass is 32.2. The van der Waals surface area contributed by atoms with Gasteiger partial charge < -0.3 is 20.1 Å². The van der Waals surface area contributed by atoms with Crippen molar-refractivity contribution in [2.45, 2.75) is 31.7 Å². The summed E-state index contributed by atoms with van der Waals surface area (Å²) in [6.07, 6.45) is 3.53. The van der Waals surface area contributed by atoms with Crippen LogP contribution in [0.25, 0.3) is 0 Å². The first-order valence-electron chi connectivity index (χ1n) is 10.2. The number of carbonyl (C=O) groups is 1. The Balaban J connectivity index is 1.89. The van der Waals surface area contributed by atoms with Crippen LogP contribution in [0.3, 0.4) is 0 Å². The zero-order valence-electron chi connectivity index (χ0n) is 17.4. The van der Waals surface area contributed by atoms with Gasteiger partial charge in [-0.2, -0.15) is 4.31 Å². The molecule has 1 aliphatic heterocycles. The molecule has 1 aliphatic rings. The molecular formula is C21H31N3O5S. The number of hydrogen-bond donors (Lipinski definition) is 2. The van der Waals surface area contributed by atoms with Gasteiger partial charge in [-0.1, -0.05) is 12.3 Å². The molecule has 1 aromatic carbocycles. The molecule has 1 amide bonds. The van der Waals surface area contributed by atoms with Crippen molar-refractivity contribution in [3.8, 4) is 17.6 Å². The van der Waals surface area contributed by atoms with E-state index in [0.29, 0.717) is 39.0 Å². The van der Waals surface area contributed by atoms with E-state index in [1.165, 1.54) is 4.31 Å². The predicted octanol–water partition coefficient (Wildman–Crippen LogP) is 0.818. The van der Waals surface area contributed by atoms with Crippen LogP contribution < -0.4 is 15.0 Å². The van der Waals surface area contributed by atoms with E-state index in [4.69, 9.17) is 9.84 Å². The normalized spacial score (nSPS) is 15.7. The topological polar surface area (TPSA) is 99.2 Å². The Morgan fingerprint density at radius 3 is 2.47 bits per heavy atom. The standard InChI is InChI=1S/C21H31N3O5S/c1-29-21-10-8-20(9-11-21)23-12-14-24(15-13-23)30(27,28)17-19(22-18-26)7-5-3-2-4-6-16-25/h8-11,18-19,25H,2-4,6,12-17H2,1H3,(H,22,26). The van der Waals surface area contributed by atoms with Gasteiger partial charge in [0.25, 0.3) is 0 Å². The number of amides is 1. The van der Waals surface area contributed by atoms with E-state index in [-0.39, 0.29) is 12.4 Å². The van der Waals surface area contributed by atoms with Gasteiger partial charge in [0.15, 0.2) is 0 Å². The molecular weight excluding hydrogens is 406 g/mol. The molecule has 1 aromatic rings. The molecule has 2 N–H and O–H groups in total. The first-order chi connectivity index (χ1) is 14.5. The summed E-state index contributed by atoms with van der Waals surface area (Å²) in [4.78, 5) is 13.0. The molecule has 1 fully saturated rings. The molecule has 0 aromatic heterocycles. The lowest BCUT2D eigenvalue weighted by atomic mass is 10.2. The van der Waals surface area contributed by atoms with Gasteiger partial charge in [-0.25, -0.2) is 8.42 Å². The van der Waals surface area contributed by atoms with Crippen LogP contribution in [0.5, 0.6) is 5.75 Å². The average Bonchev–Trinajstić information content (AvgIpc) is 2.76. The maximum absolute atomic E-state index is 12.8. The number of piperazine rings is 1. The predicted molar refractivity (Wildman–Crippen MR) is 117 cm³/mol. The monoisotopic (exact) mass is 437 g/mol. The molecule has 1 unspecified atom stereocenters. The number of nitrogens with zero attached hydrogens (tertiary/aromatic N) is 2. The summed E-state index contributed by atoms with van der Waals surface area (Å²) in [7, 11) is -1.92. The Bertz CT molecular complexity index is 809. The maximum atomic E-state index is 12.8. The molecule has 0 radical (unpaired) electrons. The lowest BCUT2D eigenvalue weighted by Crippen LogP contribution is -2.51. The molecule has 2 rings (SSSR count). The van der Waals surface area contributed by atoms with E-state index in [1.807, 2.05) is 24.3 Å². The van der Waals surface area contributed by atoms with Gasteiger partial charge in [-0.05, 0) is 37.1 Å². The molecule has 1 heterocycles. The third-order valence-corrected chi connectivity index (χ3v) is 6.86. The van der Waals surface area contributed by atoms with Gasteiger partial charge >= 0.3 is 0 Å². The third kappa shape index (κ3) is 7.52. The van der Waals surface area contributed by atoms with Crippen molar-refractivity contribution in [2.24, 2.45) is 0 Å². The summed E-state index contributed by atoms with van der Waals surface area (Å²) in [5.41, 5.74) is 1.03. The first kappa shape index (κ1) is 24.0. The summed E-state index contributed by atoms with van der Waals surface area (Å²) >= 11 is 0. The lowest BCUT2D eigenvalue weighted by Gasteiger charge is -2.35. The van der Waals surface area contributed by atoms with E-state index < -0.39 is 16.1 Å². The van der Waals surface area contributed by atoms with Gasteiger partial charge in [0.2, 0.25) is 16.4 Å². The highest BCUT2D eigenvalue weighted by Gasteiger charge is 2.29. The van der Waals surface area contributed by atoms with Crippen molar-refractivity contribution in [1.82, 2.24) is 9.62 Å². The van der Waals surface area contributed by atoms with Crippen LogP contribution in [0, 0.1) is 11.8 Å². The van der Waals surface area contributed by atoms with Gasteiger partial charge in [0.05, 0.1) is 12.9 Å². The van der Waals surface area contributed by atoms with Crippen LogP contribution in [0.2, 0.25) is 0 Å². The molecule has 1 saturated heterocycles. The number of nitrogens with one attached hydrogen (secondary N) is 1. The highest BCUT2D eigenvalue weighted by molar-refractivity contribution is 7.89. The number of carbonyl (C=O) groups excluding carboxylic acids is 1. The third-order valence-electron chi connectivity index (χ3n) is 4.95. The number of anilines is 1. The van der Waals surface area contributed by atoms with Crippen LogP contribution in [0.4, 0.5) is 5.69 Å². The number of rotatable bonds is 11. The van der Waals surface area contributed by atoms with E-state index in [0.717, 1.165) is 30.7 Å².